The smallest absolute Gasteiger partial charge is 0.326 e. The van der Waals surface area contributed by atoms with E-state index in [1.54, 1.807) is 24.3 Å². The fourth-order valence-electron chi connectivity index (χ4n) is 4.50. The van der Waals surface area contributed by atoms with E-state index in [9.17, 15) is 27.9 Å². The molecule has 0 aliphatic carbocycles. The molecule has 0 radical (unpaired) electrons. The van der Waals surface area contributed by atoms with Crippen molar-refractivity contribution >= 4 is 33.5 Å². The van der Waals surface area contributed by atoms with Crippen molar-refractivity contribution in [2.24, 2.45) is 0 Å². The molecule has 1 saturated heterocycles. The average Bonchev–Trinajstić information content (AvgIpc) is 2.94. The highest BCUT2D eigenvalue weighted by Gasteiger charge is 2.28. The average molecular weight is 565 g/mol. The van der Waals surface area contributed by atoms with Crippen molar-refractivity contribution < 1.29 is 27.9 Å². The summed E-state index contributed by atoms with van der Waals surface area (Å²) in [7, 11) is -3.65. The number of aliphatic carboxylic acids is 1. The van der Waals surface area contributed by atoms with Gasteiger partial charge in [-0.2, -0.15) is 4.31 Å². The molecule has 0 spiro atoms. The van der Waals surface area contributed by atoms with Crippen LogP contribution in [0.25, 0.3) is 0 Å². The third-order valence-electron chi connectivity index (χ3n) is 6.65. The van der Waals surface area contributed by atoms with Gasteiger partial charge in [0.25, 0.3) is 5.91 Å². The molecule has 1 aliphatic heterocycles. The maximum absolute atomic E-state index is 13.1. The van der Waals surface area contributed by atoms with E-state index in [1.807, 2.05) is 42.5 Å². The van der Waals surface area contributed by atoms with Gasteiger partial charge in [0.15, 0.2) is 0 Å². The van der Waals surface area contributed by atoms with E-state index >= 15 is 0 Å². The molecule has 0 unspecified atom stereocenters. The van der Waals surface area contributed by atoms with Crippen LogP contribution in [0.2, 0.25) is 0 Å². The normalized spacial score (nSPS) is 15.2. The van der Waals surface area contributed by atoms with Gasteiger partial charge >= 0.3 is 5.97 Å². The van der Waals surface area contributed by atoms with E-state index in [-0.39, 0.29) is 17.2 Å². The summed E-state index contributed by atoms with van der Waals surface area (Å²) in [6, 6.07) is 21.2. The van der Waals surface area contributed by atoms with Crippen molar-refractivity contribution in [1.82, 2.24) is 14.5 Å². The quantitative estimate of drug-likeness (QED) is 0.344. The molecule has 4 rings (SSSR count). The molecule has 1 atom stereocenters. The predicted octanol–water partition coefficient (Wildman–Crippen LogP) is 2.58. The third-order valence-corrected chi connectivity index (χ3v) is 8.56. The second kappa shape index (κ2) is 12.9. The molecule has 40 heavy (non-hydrogen) atoms. The molecule has 0 bridgehead atoms. The molecular formula is C29H32N4O6S. The third kappa shape index (κ3) is 7.53. The van der Waals surface area contributed by atoms with Gasteiger partial charge in [-0.25, -0.2) is 13.2 Å². The Labute approximate surface area is 233 Å². The molecule has 3 aromatic rings. The summed E-state index contributed by atoms with van der Waals surface area (Å²) < 4.78 is 27.6. The Bertz CT molecular complexity index is 1440. The number of anilines is 1. The molecule has 1 fully saturated rings. The standard InChI is InChI=1S/C29H32N4O6S/c1-21(34)30-25-11-13-26(14-12-25)40(38,39)33-17-15-32(16-18-33)20-23-7-9-24(10-8-23)28(35)31-27(29(36)37)19-22-5-3-2-4-6-22/h2-14,27H,15-20H2,1H3,(H,30,34)(H,31,35)(H,36,37)/t27-/m0/s1. The van der Waals surface area contributed by atoms with Crippen LogP contribution in [0.4, 0.5) is 5.69 Å². The number of carboxylic acid groups (broad SMARTS) is 1. The zero-order valence-corrected chi connectivity index (χ0v) is 22.9. The van der Waals surface area contributed by atoms with Crippen molar-refractivity contribution in [2.45, 2.75) is 30.8 Å². The summed E-state index contributed by atoms with van der Waals surface area (Å²) in [5, 5.41) is 14.8. The fraction of sp³-hybridized carbons (Fsp3) is 0.276. The Kier molecular flexibility index (Phi) is 9.30. The number of nitrogens with one attached hydrogen (secondary N) is 2. The van der Waals surface area contributed by atoms with E-state index < -0.39 is 27.9 Å². The molecule has 11 heteroatoms. The van der Waals surface area contributed by atoms with Crippen molar-refractivity contribution in [3.8, 4) is 0 Å². The first-order chi connectivity index (χ1) is 19.1. The van der Waals surface area contributed by atoms with E-state index in [1.165, 1.54) is 23.4 Å². The lowest BCUT2D eigenvalue weighted by atomic mass is 10.1. The van der Waals surface area contributed by atoms with Gasteiger partial charge in [-0.15, -0.1) is 0 Å². The van der Waals surface area contributed by atoms with Gasteiger partial charge in [0.05, 0.1) is 4.90 Å². The zero-order valence-electron chi connectivity index (χ0n) is 22.1. The lowest BCUT2D eigenvalue weighted by molar-refractivity contribution is -0.139. The molecule has 10 nitrogen and oxygen atoms in total. The number of carbonyl (C=O) groups is 3. The highest BCUT2D eigenvalue weighted by atomic mass is 32.2. The number of amides is 2. The predicted molar refractivity (Wildman–Crippen MR) is 150 cm³/mol. The number of benzene rings is 3. The Balaban J connectivity index is 1.29. The number of piperazine rings is 1. The lowest BCUT2D eigenvalue weighted by Crippen LogP contribution is -2.48. The number of hydrogen-bond acceptors (Lipinski definition) is 6. The molecule has 3 aromatic carbocycles. The molecule has 0 aromatic heterocycles. The Hall–Kier alpha value is -4.06. The van der Waals surface area contributed by atoms with Gasteiger partial charge in [0, 0.05) is 57.3 Å². The van der Waals surface area contributed by atoms with Crippen LogP contribution in [0.3, 0.4) is 0 Å². The summed E-state index contributed by atoms with van der Waals surface area (Å²) in [6.45, 7) is 3.76. The monoisotopic (exact) mass is 564 g/mol. The summed E-state index contributed by atoms with van der Waals surface area (Å²) in [4.78, 5) is 37.9. The van der Waals surface area contributed by atoms with E-state index in [2.05, 4.69) is 15.5 Å². The van der Waals surface area contributed by atoms with Crippen molar-refractivity contribution in [2.75, 3.05) is 31.5 Å². The van der Waals surface area contributed by atoms with Gasteiger partial charge in [-0.05, 0) is 47.5 Å². The van der Waals surface area contributed by atoms with Gasteiger partial charge in [0.2, 0.25) is 15.9 Å². The Morgan fingerprint density at radius 1 is 0.850 bits per heavy atom. The van der Waals surface area contributed by atoms with Crippen LogP contribution in [0.5, 0.6) is 0 Å². The van der Waals surface area contributed by atoms with Crippen molar-refractivity contribution in [3.63, 3.8) is 0 Å². The van der Waals surface area contributed by atoms with Crippen LogP contribution >= 0.6 is 0 Å². The van der Waals surface area contributed by atoms with E-state index in [0.717, 1.165) is 11.1 Å². The summed E-state index contributed by atoms with van der Waals surface area (Å²) in [5.41, 5.74) is 2.68. The number of hydrogen-bond donors (Lipinski definition) is 3. The van der Waals surface area contributed by atoms with Crippen LogP contribution in [0.1, 0.15) is 28.4 Å². The van der Waals surface area contributed by atoms with Crippen LogP contribution in [-0.2, 0) is 32.6 Å². The van der Waals surface area contributed by atoms with E-state index in [4.69, 9.17) is 0 Å². The van der Waals surface area contributed by atoms with Crippen molar-refractivity contribution in [1.29, 1.82) is 0 Å². The Morgan fingerprint density at radius 3 is 2.05 bits per heavy atom. The second-order valence-corrected chi connectivity index (χ2v) is 11.6. The molecule has 2 amide bonds. The number of carboxylic acids is 1. The second-order valence-electron chi connectivity index (χ2n) is 9.64. The number of carbonyl (C=O) groups excluding carboxylic acids is 2. The largest absolute Gasteiger partial charge is 0.480 e. The summed E-state index contributed by atoms with van der Waals surface area (Å²) >= 11 is 0. The van der Waals surface area contributed by atoms with Gasteiger partial charge in [-0.1, -0.05) is 42.5 Å². The van der Waals surface area contributed by atoms with Crippen LogP contribution < -0.4 is 10.6 Å². The zero-order chi connectivity index (χ0) is 28.7. The van der Waals surface area contributed by atoms with Crippen molar-refractivity contribution in [3.05, 3.63) is 95.6 Å². The molecule has 210 valence electrons. The van der Waals surface area contributed by atoms with Crippen LogP contribution in [-0.4, -0.2) is 72.7 Å². The lowest BCUT2D eigenvalue weighted by Gasteiger charge is -2.34. The minimum Gasteiger partial charge on any atom is -0.480 e. The molecule has 0 saturated carbocycles. The SMILES string of the molecule is CC(=O)Nc1ccc(S(=O)(=O)N2CCN(Cc3ccc(C(=O)N[C@@H](Cc4ccccc4)C(=O)O)cc3)CC2)cc1. The summed E-state index contributed by atoms with van der Waals surface area (Å²) in [6.07, 6.45) is 0.185. The highest BCUT2D eigenvalue weighted by Crippen LogP contribution is 2.21. The minimum absolute atomic E-state index is 0.179. The van der Waals surface area contributed by atoms with Gasteiger partial charge < -0.3 is 15.7 Å². The first-order valence-electron chi connectivity index (χ1n) is 12.9. The number of sulfonamides is 1. The molecular weight excluding hydrogens is 532 g/mol. The number of nitrogens with zero attached hydrogens (tertiary/aromatic N) is 2. The molecule has 3 N–H and O–H groups in total. The van der Waals surface area contributed by atoms with Gasteiger partial charge in [-0.3, -0.25) is 14.5 Å². The first kappa shape index (κ1) is 28.9. The van der Waals surface area contributed by atoms with Crippen LogP contribution in [0.15, 0.2) is 83.8 Å². The molecule has 1 heterocycles. The maximum Gasteiger partial charge on any atom is 0.326 e. The minimum atomic E-state index is -3.65. The highest BCUT2D eigenvalue weighted by molar-refractivity contribution is 7.89. The van der Waals surface area contributed by atoms with Gasteiger partial charge in [0.1, 0.15) is 6.04 Å². The number of rotatable bonds is 10. The van der Waals surface area contributed by atoms with E-state index in [0.29, 0.717) is 44.0 Å². The summed E-state index contributed by atoms with van der Waals surface area (Å²) in [5.74, 6) is -1.79. The Morgan fingerprint density at radius 2 is 1.48 bits per heavy atom. The molecule has 1 aliphatic rings. The topological polar surface area (TPSA) is 136 Å². The van der Waals surface area contributed by atoms with Crippen LogP contribution in [0, 0.1) is 0 Å². The first-order valence-corrected chi connectivity index (χ1v) is 14.3. The fourth-order valence-corrected chi connectivity index (χ4v) is 5.92. The maximum atomic E-state index is 13.1.